The molecule has 0 saturated carbocycles. The Hall–Kier alpha value is -0.422. The van der Waals surface area contributed by atoms with Crippen LogP contribution in [0.1, 0.15) is 5.56 Å². The van der Waals surface area contributed by atoms with Crippen LogP contribution >= 0.6 is 36.2 Å². The van der Waals surface area contributed by atoms with Crippen LogP contribution in [0, 0.1) is 6.92 Å². The van der Waals surface area contributed by atoms with Gasteiger partial charge in [0.25, 0.3) is 0 Å². The van der Waals surface area contributed by atoms with Gasteiger partial charge in [0.15, 0.2) is 14.1 Å². The fourth-order valence-electron chi connectivity index (χ4n) is 2.68. The van der Waals surface area contributed by atoms with E-state index in [0.29, 0.717) is 0 Å². The SMILES string of the molecule is Cc1ccc([PH+](c2ccccc2)c2ccccc2)[n+](C)c1.[Cl][Pt]([Cl])[Cl]. The number of hydrogen-bond acceptors (Lipinski definition) is 0. The van der Waals surface area contributed by atoms with Gasteiger partial charge in [0.05, 0.1) is 0 Å². The van der Waals surface area contributed by atoms with Crippen molar-refractivity contribution in [3.63, 3.8) is 0 Å². The van der Waals surface area contributed by atoms with Gasteiger partial charge in [-0.3, -0.25) is 0 Å². The number of nitrogens with zero attached hydrogens (tertiary/aromatic N) is 1. The molecule has 0 aliphatic carbocycles. The monoisotopic (exact) mass is 593 g/mol. The van der Waals surface area contributed by atoms with E-state index in [2.05, 4.69) is 97.5 Å². The molecule has 1 aromatic heterocycles. The van der Waals surface area contributed by atoms with Gasteiger partial charge in [0, 0.05) is 11.6 Å². The molecule has 0 bridgehead atoms. The third-order valence-corrected chi connectivity index (χ3v) is 6.52. The van der Waals surface area contributed by atoms with Crippen LogP contribution < -0.4 is 20.6 Å². The Morgan fingerprint density at radius 2 is 1.20 bits per heavy atom. The molecule has 25 heavy (non-hydrogen) atoms. The summed E-state index contributed by atoms with van der Waals surface area (Å²) < 4.78 is 2.28. The van der Waals surface area contributed by atoms with Crippen molar-refractivity contribution in [2.45, 2.75) is 6.92 Å². The summed E-state index contributed by atoms with van der Waals surface area (Å²) in [5.41, 5.74) is 2.70. The predicted molar refractivity (Wildman–Crippen MR) is 110 cm³/mol. The van der Waals surface area contributed by atoms with E-state index in [4.69, 9.17) is 28.3 Å². The minimum atomic E-state index is -1.85. The zero-order chi connectivity index (χ0) is 18.2. The number of rotatable bonds is 3. The van der Waals surface area contributed by atoms with Gasteiger partial charge in [-0.1, -0.05) is 36.4 Å². The van der Waals surface area contributed by atoms with E-state index in [0.717, 1.165) is 0 Å². The molecule has 1 nitrogen and oxygen atoms in total. The van der Waals surface area contributed by atoms with E-state index >= 15 is 0 Å². The second-order valence-electron chi connectivity index (χ2n) is 5.45. The Labute approximate surface area is 168 Å². The van der Waals surface area contributed by atoms with Gasteiger partial charge in [0.1, 0.15) is 17.7 Å². The maximum absolute atomic E-state index is 4.96. The van der Waals surface area contributed by atoms with Gasteiger partial charge >= 0.3 is 47.9 Å². The third kappa shape index (κ3) is 6.67. The molecule has 3 rings (SSSR count). The molecule has 0 N–H and O–H groups in total. The number of benzene rings is 2. The molecule has 0 unspecified atom stereocenters. The average molecular weight is 595 g/mol. The van der Waals surface area contributed by atoms with Crippen LogP contribution in [0.3, 0.4) is 0 Å². The molecule has 0 saturated heterocycles. The molecule has 0 radical (unpaired) electrons. The van der Waals surface area contributed by atoms with Gasteiger partial charge < -0.3 is 0 Å². The fraction of sp³-hybridized carbons (Fsp3) is 0.105. The molecule has 135 valence electrons. The molecular weight excluding hydrogens is 575 g/mol. The summed E-state index contributed by atoms with van der Waals surface area (Å²) in [6.45, 7) is 2.14. The number of pyridine rings is 1. The molecule has 0 fully saturated rings. The molecule has 0 aliphatic heterocycles. The minimum absolute atomic E-state index is 0.961. The summed E-state index contributed by atoms with van der Waals surface area (Å²) in [5.74, 6) is 0. The topological polar surface area (TPSA) is 3.88 Å². The second kappa shape index (κ2) is 10.7. The van der Waals surface area contributed by atoms with Crippen LogP contribution in [0.15, 0.2) is 79.0 Å². The first-order valence-electron chi connectivity index (χ1n) is 7.56. The van der Waals surface area contributed by atoms with Crippen LogP contribution in [-0.4, -0.2) is 0 Å². The van der Waals surface area contributed by atoms with Crippen molar-refractivity contribution < 1.29 is 18.8 Å². The van der Waals surface area contributed by atoms with E-state index in [9.17, 15) is 0 Å². The Balaban J connectivity index is 0.000000511. The summed E-state index contributed by atoms with van der Waals surface area (Å²) in [7, 11) is 16.1. The van der Waals surface area contributed by atoms with E-state index < -0.39 is 22.1 Å². The third-order valence-electron chi connectivity index (χ3n) is 3.66. The summed E-state index contributed by atoms with van der Waals surface area (Å²) >= 11 is -1.85. The molecule has 0 spiro atoms. The fourth-order valence-corrected chi connectivity index (χ4v) is 5.32. The van der Waals surface area contributed by atoms with Crippen LogP contribution in [0.25, 0.3) is 0 Å². The standard InChI is InChI=1S/C19H19NP.3ClH.Pt/c1-16-13-14-19(20(2)15-16)21(17-9-5-3-6-10-17)18-11-7-4-8-12-18;;;;/h3-15H,1-2H3;3*1H;/q+1;;;;+3/p-2. The maximum atomic E-state index is 4.96. The summed E-state index contributed by atoms with van der Waals surface area (Å²) in [6, 6.07) is 26.2. The first-order chi connectivity index (χ1) is 12.0. The van der Waals surface area contributed by atoms with E-state index in [1.165, 1.54) is 21.6 Å². The van der Waals surface area contributed by atoms with Crippen LogP contribution in [0.2, 0.25) is 0 Å². The zero-order valence-electron chi connectivity index (χ0n) is 13.9. The van der Waals surface area contributed by atoms with Gasteiger partial charge in [-0.05, 0) is 37.3 Å². The Morgan fingerprint density at radius 1 is 0.760 bits per heavy atom. The van der Waals surface area contributed by atoms with Gasteiger partial charge in [-0.15, -0.1) is 0 Å². The van der Waals surface area contributed by atoms with Crippen LogP contribution in [0.4, 0.5) is 0 Å². The van der Waals surface area contributed by atoms with Crippen molar-refractivity contribution in [2.75, 3.05) is 0 Å². The molecule has 1 heterocycles. The molecule has 0 amide bonds. The number of aromatic nitrogens is 1. The van der Waals surface area contributed by atoms with Crippen molar-refractivity contribution in [3.05, 3.63) is 84.6 Å². The Morgan fingerprint density at radius 3 is 1.60 bits per heavy atom. The predicted octanol–water partition coefficient (Wildman–Crippen LogP) is 4.38. The number of hydrogen-bond donors (Lipinski definition) is 0. The number of halogens is 3. The first kappa shape index (κ1) is 20.9. The van der Waals surface area contributed by atoms with Crippen molar-refractivity contribution in [2.24, 2.45) is 7.05 Å². The average Bonchev–Trinajstić information content (AvgIpc) is 2.59. The van der Waals surface area contributed by atoms with Crippen molar-refractivity contribution >= 4 is 52.2 Å². The quantitative estimate of drug-likeness (QED) is 0.313. The van der Waals surface area contributed by atoms with Gasteiger partial charge in [-0.25, -0.2) is 0 Å². The molecule has 0 aliphatic rings. The second-order valence-corrected chi connectivity index (χ2v) is 17.7. The van der Waals surface area contributed by atoms with Gasteiger partial charge in [-0.2, -0.15) is 4.57 Å². The summed E-state index contributed by atoms with van der Waals surface area (Å²) in [5, 5.41) is 2.85. The Kier molecular flexibility index (Phi) is 8.91. The van der Waals surface area contributed by atoms with Crippen molar-refractivity contribution in [1.82, 2.24) is 0 Å². The molecule has 3 aromatic rings. The van der Waals surface area contributed by atoms with Crippen LogP contribution in [-0.2, 0) is 21.2 Å². The molecular formula is C19H20Cl3NPPt+2. The van der Waals surface area contributed by atoms with Crippen LogP contribution in [0.5, 0.6) is 0 Å². The van der Waals surface area contributed by atoms with Crippen molar-refractivity contribution in [3.8, 4) is 0 Å². The molecule has 2 aromatic carbocycles. The number of aryl methyl sites for hydroxylation is 2. The normalized spacial score (nSPS) is 10.9. The summed E-state index contributed by atoms with van der Waals surface area (Å²) in [6.07, 6.45) is 2.21. The zero-order valence-corrected chi connectivity index (χ0v) is 19.4. The van der Waals surface area contributed by atoms with E-state index in [1.54, 1.807) is 0 Å². The molecule has 0 atom stereocenters. The first-order valence-corrected chi connectivity index (χ1v) is 17.5. The molecule has 6 heteroatoms. The Bertz CT molecular complexity index is 743. The van der Waals surface area contributed by atoms with E-state index in [1.807, 2.05) is 0 Å². The van der Waals surface area contributed by atoms with Gasteiger partial charge in [0.2, 0.25) is 0 Å². The van der Waals surface area contributed by atoms with E-state index in [-0.39, 0.29) is 0 Å². The summed E-state index contributed by atoms with van der Waals surface area (Å²) in [4.78, 5) is 0. The van der Waals surface area contributed by atoms with Crippen molar-refractivity contribution in [1.29, 1.82) is 0 Å².